The van der Waals surface area contributed by atoms with Crippen LogP contribution in [0.25, 0.3) is 0 Å². The molecule has 3 atom stereocenters. The molecule has 73 heavy (non-hydrogen) atoms. The molecule has 0 rings (SSSR count). The zero-order valence-electron chi connectivity index (χ0n) is 49.5. The number of aliphatic hydroxyl groups is 3. The molecule has 3 unspecified atom stereocenters. The van der Waals surface area contributed by atoms with Gasteiger partial charge >= 0.3 is 0 Å². The van der Waals surface area contributed by atoms with Gasteiger partial charge in [-0.1, -0.05) is 352 Å². The lowest BCUT2D eigenvalue weighted by atomic mass is 10.0. The molecular weight excluding hydrogens is 895 g/mol. The smallest absolute Gasteiger partial charge is 0.249 e. The second kappa shape index (κ2) is 63.1. The topological polar surface area (TPSA) is 89.8 Å². The first-order chi connectivity index (χ1) is 36.1. The number of aliphatic hydroxyl groups excluding tert-OH is 3. The molecule has 1 amide bonds. The van der Waals surface area contributed by atoms with Crippen molar-refractivity contribution in [1.82, 2.24) is 5.32 Å². The molecule has 0 aliphatic heterocycles. The summed E-state index contributed by atoms with van der Waals surface area (Å²) in [4.78, 5) is 12.6. The number of hydrogen-bond donors (Lipinski definition) is 4. The van der Waals surface area contributed by atoms with Gasteiger partial charge in [0.2, 0.25) is 5.91 Å². The predicted octanol–water partition coefficient (Wildman–Crippen LogP) is 21.3. The first-order valence-electron chi connectivity index (χ1n) is 33.3. The molecule has 5 nitrogen and oxygen atoms in total. The predicted molar refractivity (Wildman–Crippen MR) is 324 cm³/mol. The molecule has 0 saturated carbocycles. The minimum atomic E-state index is -1.10. The van der Waals surface area contributed by atoms with Crippen molar-refractivity contribution in [3.63, 3.8) is 0 Å². The fourth-order valence-electron chi connectivity index (χ4n) is 10.6. The van der Waals surface area contributed by atoms with Crippen LogP contribution in [-0.4, -0.2) is 46.1 Å². The highest BCUT2D eigenvalue weighted by Gasteiger charge is 2.22. The third-order valence-electron chi connectivity index (χ3n) is 15.7. The van der Waals surface area contributed by atoms with Crippen molar-refractivity contribution in [2.24, 2.45) is 0 Å². The van der Waals surface area contributed by atoms with Gasteiger partial charge < -0.3 is 20.6 Å². The monoisotopic (exact) mass is 1030 g/mol. The number of carbonyl (C=O) groups excluding carboxylic acids is 1. The molecular formula is C68H131NO4. The fraction of sp³-hybridized carbons (Fsp3) is 0.897. The maximum atomic E-state index is 12.6. The van der Waals surface area contributed by atoms with Crippen LogP contribution in [0.4, 0.5) is 0 Å². The van der Waals surface area contributed by atoms with Crippen molar-refractivity contribution >= 4 is 5.91 Å². The van der Waals surface area contributed by atoms with Crippen LogP contribution in [0.15, 0.2) is 36.5 Å². The largest absolute Gasteiger partial charge is 0.394 e. The van der Waals surface area contributed by atoms with Crippen molar-refractivity contribution in [2.75, 3.05) is 6.61 Å². The minimum Gasteiger partial charge on any atom is -0.394 e. The van der Waals surface area contributed by atoms with Crippen LogP contribution in [0.5, 0.6) is 0 Å². The first-order valence-corrected chi connectivity index (χ1v) is 33.3. The van der Waals surface area contributed by atoms with E-state index >= 15 is 0 Å². The van der Waals surface area contributed by atoms with Crippen LogP contribution in [-0.2, 0) is 4.79 Å². The summed E-state index contributed by atoms with van der Waals surface area (Å²) in [6, 6.07) is -0.798. The second-order valence-corrected chi connectivity index (χ2v) is 23.0. The zero-order chi connectivity index (χ0) is 52.9. The number of nitrogens with one attached hydrogen (secondary N) is 1. The number of amides is 1. The molecule has 0 radical (unpaired) electrons. The van der Waals surface area contributed by atoms with Crippen LogP contribution in [0, 0.1) is 0 Å². The van der Waals surface area contributed by atoms with Gasteiger partial charge in [-0.15, -0.1) is 0 Å². The van der Waals surface area contributed by atoms with Gasteiger partial charge in [-0.05, 0) is 51.4 Å². The third kappa shape index (κ3) is 58.1. The van der Waals surface area contributed by atoms with Gasteiger partial charge in [-0.25, -0.2) is 0 Å². The Labute approximate surface area is 457 Å². The van der Waals surface area contributed by atoms with E-state index in [4.69, 9.17) is 0 Å². The Hall–Kier alpha value is -1.43. The van der Waals surface area contributed by atoms with Gasteiger partial charge in [-0.3, -0.25) is 4.79 Å². The van der Waals surface area contributed by atoms with E-state index in [1.54, 1.807) is 6.08 Å². The van der Waals surface area contributed by atoms with E-state index in [0.717, 1.165) is 38.5 Å². The maximum absolute atomic E-state index is 12.6. The van der Waals surface area contributed by atoms with E-state index in [0.29, 0.717) is 6.42 Å². The lowest BCUT2D eigenvalue weighted by molar-refractivity contribution is -0.131. The van der Waals surface area contributed by atoms with Gasteiger partial charge in [0.15, 0.2) is 0 Å². The Kier molecular flexibility index (Phi) is 61.9. The van der Waals surface area contributed by atoms with Gasteiger partial charge in [0.05, 0.1) is 18.8 Å². The highest BCUT2D eigenvalue weighted by molar-refractivity contribution is 5.80. The summed E-state index contributed by atoms with van der Waals surface area (Å²) >= 11 is 0. The van der Waals surface area contributed by atoms with Gasteiger partial charge in [0, 0.05) is 0 Å². The Morgan fingerprint density at radius 2 is 0.589 bits per heavy atom. The van der Waals surface area contributed by atoms with E-state index in [2.05, 4.69) is 43.5 Å². The van der Waals surface area contributed by atoms with E-state index < -0.39 is 24.2 Å². The minimum absolute atomic E-state index is 0.361. The molecule has 0 aliphatic rings. The summed E-state index contributed by atoms with van der Waals surface area (Å²) in [7, 11) is 0. The molecule has 432 valence electrons. The molecule has 0 aliphatic carbocycles. The average Bonchev–Trinajstić information content (AvgIpc) is 3.40. The highest BCUT2D eigenvalue weighted by Crippen LogP contribution is 2.18. The molecule has 0 fully saturated rings. The summed E-state index contributed by atoms with van der Waals surface area (Å²) in [5.41, 5.74) is 0. The van der Waals surface area contributed by atoms with Crippen LogP contribution < -0.4 is 5.32 Å². The fourth-order valence-corrected chi connectivity index (χ4v) is 10.6. The Morgan fingerprint density at radius 3 is 0.863 bits per heavy atom. The van der Waals surface area contributed by atoms with Crippen molar-refractivity contribution in [3.05, 3.63) is 36.5 Å². The zero-order valence-corrected chi connectivity index (χ0v) is 49.5. The lowest BCUT2D eigenvalue weighted by Gasteiger charge is -2.21. The highest BCUT2D eigenvalue weighted by atomic mass is 16.3. The van der Waals surface area contributed by atoms with Gasteiger partial charge in [0.25, 0.3) is 0 Å². The maximum Gasteiger partial charge on any atom is 0.249 e. The van der Waals surface area contributed by atoms with E-state index in [1.165, 1.54) is 308 Å². The summed E-state index contributed by atoms with van der Waals surface area (Å²) in [6.45, 7) is 4.23. The third-order valence-corrected chi connectivity index (χ3v) is 15.7. The van der Waals surface area contributed by atoms with Gasteiger partial charge in [0.1, 0.15) is 6.10 Å². The summed E-state index contributed by atoms with van der Waals surface area (Å²) < 4.78 is 0. The van der Waals surface area contributed by atoms with Gasteiger partial charge in [-0.2, -0.15) is 0 Å². The van der Waals surface area contributed by atoms with E-state index in [-0.39, 0.29) is 6.61 Å². The molecule has 0 bridgehead atoms. The number of hydrogen-bond acceptors (Lipinski definition) is 4. The SMILES string of the molecule is CCCCCCCCCCCCCCCCC/C=C\C/C=C\CCCCCCCCCCCCCCCCCCC(O)C(=O)NC(CO)C(O)/C=C/CCCCCCCCCCCCCCCCCCCCC. The lowest BCUT2D eigenvalue weighted by Crippen LogP contribution is -2.48. The molecule has 0 aromatic rings. The molecule has 0 aromatic heterocycles. The molecule has 0 aromatic carbocycles. The molecule has 0 saturated heterocycles. The Morgan fingerprint density at radius 1 is 0.342 bits per heavy atom. The number of rotatable bonds is 62. The van der Waals surface area contributed by atoms with Crippen LogP contribution in [0.2, 0.25) is 0 Å². The molecule has 5 heteroatoms. The van der Waals surface area contributed by atoms with Crippen LogP contribution in [0.3, 0.4) is 0 Å². The van der Waals surface area contributed by atoms with Crippen LogP contribution in [0.1, 0.15) is 367 Å². The quantitative estimate of drug-likeness (QED) is 0.0361. The molecule has 4 N–H and O–H groups in total. The molecule has 0 heterocycles. The Balaban J connectivity index is 3.49. The number of allylic oxidation sites excluding steroid dienone is 5. The van der Waals surface area contributed by atoms with Crippen molar-refractivity contribution < 1.29 is 20.1 Å². The summed E-state index contributed by atoms with van der Waals surface area (Å²) in [6.07, 6.45) is 84.2. The standard InChI is InChI=1S/C68H131NO4/c1-3-5-7-9-11-13-15-17-19-21-23-25-26-27-28-29-30-31-32-33-34-35-36-37-38-39-40-41-43-45-47-49-51-53-55-57-59-61-63-67(72)68(73)69-65(64-70)66(71)62-60-58-56-54-52-50-48-46-44-42-24-22-20-18-16-14-12-10-8-6-4-2/h30-31,33-34,60,62,65-67,70-72H,3-29,32,35-59,61,63-64H2,1-2H3,(H,69,73)/b31-30-,34-33-,62-60+. The summed E-state index contributed by atoms with van der Waals surface area (Å²) in [5.74, 6) is -0.497. The van der Waals surface area contributed by atoms with Crippen molar-refractivity contribution in [1.29, 1.82) is 0 Å². The van der Waals surface area contributed by atoms with Crippen LogP contribution >= 0.6 is 0 Å². The second-order valence-electron chi connectivity index (χ2n) is 23.0. The molecule has 0 spiro atoms. The Bertz CT molecular complexity index is 1130. The number of unbranched alkanes of at least 4 members (excludes halogenated alkanes) is 50. The summed E-state index contributed by atoms with van der Waals surface area (Å²) in [5, 5.41) is 33.5. The van der Waals surface area contributed by atoms with E-state index in [1.807, 2.05) is 6.08 Å². The average molecular weight is 1030 g/mol. The first kappa shape index (κ1) is 71.6. The van der Waals surface area contributed by atoms with E-state index in [9.17, 15) is 20.1 Å². The van der Waals surface area contributed by atoms with Crippen molar-refractivity contribution in [2.45, 2.75) is 385 Å². The number of carbonyl (C=O) groups is 1. The van der Waals surface area contributed by atoms with Crippen molar-refractivity contribution in [3.8, 4) is 0 Å². The normalized spacial score (nSPS) is 13.3.